The van der Waals surface area contributed by atoms with Gasteiger partial charge in [0.1, 0.15) is 0 Å². The molecule has 0 bridgehead atoms. The maximum atomic E-state index is 11.6. The van der Waals surface area contributed by atoms with Gasteiger partial charge < -0.3 is 5.73 Å². The molecule has 4 nitrogen and oxygen atoms in total. The summed E-state index contributed by atoms with van der Waals surface area (Å²) in [6, 6.07) is 1.44. The van der Waals surface area contributed by atoms with Crippen LogP contribution in [0.5, 0.6) is 0 Å². The van der Waals surface area contributed by atoms with Gasteiger partial charge in [-0.3, -0.25) is 9.69 Å². The summed E-state index contributed by atoms with van der Waals surface area (Å²) in [5.41, 5.74) is 6.36. The average molecular weight is 260 g/mol. The van der Waals surface area contributed by atoms with Crippen LogP contribution in [0, 0.1) is 6.92 Å². The van der Waals surface area contributed by atoms with Crippen LogP contribution in [-0.2, 0) is 4.79 Å². The predicted octanol–water partition coefficient (Wildman–Crippen LogP) is 1.76. The number of aromatic nitrogens is 1. The molecule has 0 aliphatic carbocycles. The first-order valence-electron chi connectivity index (χ1n) is 4.87. The second-order valence-corrected chi connectivity index (χ2v) is 4.64. The Balaban J connectivity index is 2.41. The molecule has 16 heavy (non-hydrogen) atoms. The number of aryl methyl sites for hydroxylation is 1. The first-order valence-corrected chi connectivity index (χ1v) is 5.63. The van der Waals surface area contributed by atoms with Crippen LogP contribution >= 0.6 is 23.2 Å². The molecule has 1 aliphatic heterocycles. The van der Waals surface area contributed by atoms with E-state index < -0.39 is 0 Å². The van der Waals surface area contributed by atoms with Gasteiger partial charge in [-0.05, 0) is 13.0 Å². The smallest absolute Gasteiger partial charge is 0.229 e. The Morgan fingerprint density at radius 2 is 2.19 bits per heavy atom. The second kappa shape index (κ2) is 4.20. The summed E-state index contributed by atoms with van der Waals surface area (Å²) < 4.78 is 0. The van der Waals surface area contributed by atoms with E-state index in [4.69, 9.17) is 28.9 Å². The average Bonchev–Trinajstić information content (AvgIpc) is 2.51. The zero-order valence-electron chi connectivity index (χ0n) is 8.70. The minimum absolute atomic E-state index is 0.0522. The zero-order valence-corrected chi connectivity index (χ0v) is 10.2. The van der Waals surface area contributed by atoms with Crippen LogP contribution in [0.25, 0.3) is 0 Å². The van der Waals surface area contributed by atoms with Crippen molar-refractivity contribution in [2.75, 3.05) is 11.4 Å². The number of rotatable bonds is 1. The molecule has 1 saturated heterocycles. The molecule has 1 aromatic rings. The minimum atomic E-state index is -0.152. The van der Waals surface area contributed by atoms with E-state index in [1.165, 1.54) is 4.90 Å². The Morgan fingerprint density at radius 3 is 2.75 bits per heavy atom. The maximum Gasteiger partial charge on any atom is 0.229 e. The first-order chi connectivity index (χ1) is 7.49. The Bertz CT molecular complexity index is 450. The van der Waals surface area contributed by atoms with E-state index in [0.717, 1.165) is 0 Å². The number of nitrogens with two attached hydrogens (primary N) is 1. The van der Waals surface area contributed by atoms with Crippen molar-refractivity contribution in [3.63, 3.8) is 0 Å². The van der Waals surface area contributed by atoms with E-state index in [1.54, 1.807) is 13.0 Å². The predicted molar refractivity (Wildman–Crippen MR) is 63.9 cm³/mol. The number of hydrogen-bond donors (Lipinski definition) is 1. The molecule has 0 aromatic carbocycles. The van der Waals surface area contributed by atoms with Crippen molar-refractivity contribution in [3.8, 4) is 0 Å². The van der Waals surface area contributed by atoms with Crippen molar-refractivity contribution >= 4 is 34.9 Å². The number of carbonyl (C=O) groups is 1. The summed E-state index contributed by atoms with van der Waals surface area (Å²) in [7, 11) is 0. The summed E-state index contributed by atoms with van der Waals surface area (Å²) >= 11 is 11.9. The van der Waals surface area contributed by atoms with Gasteiger partial charge in [0.05, 0.1) is 15.7 Å². The zero-order chi connectivity index (χ0) is 11.9. The Morgan fingerprint density at radius 1 is 1.50 bits per heavy atom. The van der Waals surface area contributed by atoms with Crippen molar-refractivity contribution in [2.45, 2.75) is 19.4 Å². The number of pyridine rings is 1. The van der Waals surface area contributed by atoms with E-state index in [-0.39, 0.29) is 11.9 Å². The third-order valence-corrected chi connectivity index (χ3v) is 3.16. The summed E-state index contributed by atoms with van der Waals surface area (Å²) in [5, 5.41) is 0.864. The molecule has 0 saturated carbocycles. The quantitative estimate of drug-likeness (QED) is 0.836. The monoisotopic (exact) mass is 259 g/mol. The summed E-state index contributed by atoms with van der Waals surface area (Å²) in [6.07, 6.45) is 0.333. The number of nitrogens with zero attached hydrogens (tertiary/aromatic N) is 2. The standard InChI is InChI=1S/C10H11Cl2N3O/c1-5-7(11)3-8(12)10(14-5)15-4-6(13)2-9(15)16/h3,6H,2,4,13H2,1H3. The molecule has 0 spiro atoms. The molecule has 1 fully saturated rings. The fourth-order valence-electron chi connectivity index (χ4n) is 1.68. The third kappa shape index (κ3) is 2.00. The molecule has 86 valence electrons. The lowest BCUT2D eigenvalue weighted by Gasteiger charge is -2.17. The van der Waals surface area contributed by atoms with Crippen molar-refractivity contribution < 1.29 is 4.79 Å². The largest absolute Gasteiger partial charge is 0.326 e. The van der Waals surface area contributed by atoms with Crippen LogP contribution in [0.3, 0.4) is 0 Å². The van der Waals surface area contributed by atoms with Gasteiger partial charge in [-0.2, -0.15) is 0 Å². The Hall–Kier alpha value is -0.840. The van der Waals surface area contributed by atoms with Gasteiger partial charge in [0.15, 0.2) is 5.82 Å². The molecule has 1 aromatic heterocycles. The normalized spacial score (nSPS) is 20.6. The Labute approximate surface area is 103 Å². The molecule has 2 heterocycles. The van der Waals surface area contributed by atoms with Crippen LogP contribution in [-0.4, -0.2) is 23.5 Å². The highest BCUT2D eigenvalue weighted by molar-refractivity contribution is 6.36. The first kappa shape index (κ1) is 11.6. The summed E-state index contributed by atoms with van der Waals surface area (Å²) in [6.45, 7) is 2.22. The van der Waals surface area contributed by atoms with Crippen LogP contribution < -0.4 is 10.6 Å². The van der Waals surface area contributed by atoms with E-state index in [2.05, 4.69) is 4.98 Å². The van der Waals surface area contributed by atoms with E-state index in [0.29, 0.717) is 34.5 Å². The fourth-order valence-corrected chi connectivity index (χ4v) is 2.14. The molecule has 1 amide bonds. The molecule has 2 N–H and O–H groups in total. The maximum absolute atomic E-state index is 11.6. The molecular formula is C10H11Cl2N3O. The molecule has 1 atom stereocenters. The van der Waals surface area contributed by atoms with Crippen molar-refractivity contribution in [1.29, 1.82) is 0 Å². The summed E-state index contributed by atoms with van der Waals surface area (Å²) in [5.74, 6) is 0.394. The van der Waals surface area contributed by atoms with Crippen LogP contribution in [0.2, 0.25) is 10.0 Å². The summed E-state index contributed by atoms with van der Waals surface area (Å²) in [4.78, 5) is 17.4. The number of anilines is 1. The highest BCUT2D eigenvalue weighted by atomic mass is 35.5. The van der Waals surface area contributed by atoms with Crippen molar-refractivity contribution in [3.05, 3.63) is 21.8 Å². The molecule has 2 rings (SSSR count). The van der Waals surface area contributed by atoms with E-state index in [1.807, 2.05) is 0 Å². The lowest BCUT2D eigenvalue weighted by molar-refractivity contribution is -0.117. The molecule has 6 heteroatoms. The number of hydrogen-bond acceptors (Lipinski definition) is 3. The number of carbonyl (C=O) groups excluding carboxylic acids is 1. The van der Waals surface area contributed by atoms with E-state index in [9.17, 15) is 4.79 Å². The lowest BCUT2D eigenvalue weighted by Crippen LogP contribution is -2.29. The highest BCUT2D eigenvalue weighted by Gasteiger charge is 2.30. The highest BCUT2D eigenvalue weighted by Crippen LogP contribution is 2.30. The van der Waals surface area contributed by atoms with Crippen LogP contribution in [0.1, 0.15) is 12.1 Å². The molecule has 0 radical (unpaired) electrons. The van der Waals surface area contributed by atoms with Gasteiger partial charge in [-0.25, -0.2) is 4.98 Å². The SMILES string of the molecule is Cc1nc(N2CC(N)CC2=O)c(Cl)cc1Cl. The van der Waals surface area contributed by atoms with Crippen molar-refractivity contribution in [1.82, 2.24) is 4.98 Å². The van der Waals surface area contributed by atoms with E-state index >= 15 is 0 Å². The van der Waals surface area contributed by atoms with Gasteiger partial charge in [-0.15, -0.1) is 0 Å². The lowest BCUT2D eigenvalue weighted by atomic mass is 10.3. The Kier molecular flexibility index (Phi) is 3.06. The van der Waals surface area contributed by atoms with Crippen LogP contribution in [0.4, 0.5) is 5.82 Å². The van der Waals surface area contributed by atoms with Gasteiger partial charge in [0.2, 0.25) is 5.91 Å². The van der Waals surface area contributed by atoms with Gasteiger partial charge in [0, 0.05) is 19.0 Å². The molecule has 1 unspecified atom stereocenters. The van der Waals surface area contributed by atoms with Gasteiger partial charge in [0.25, 0.3) is 0 Å². The molecular weight excluding hydrogens is 249 g/mol. The number of amides is 1. The minimum Gasteiger partial charge on any atom is -0.326 e. The van der Waals surface area contributed by atoms with Gasteiger partial charge in [-0.1, -0.05) is 23.2 Å². The topological polar surface area (TPSA) is 59.2 Å². The molecule has 1 aliphatic rings. The van der Waals surface area contributed by atoms with Crippen LogP contribution in [0.15, 0.2) is 6.07 Å². The number of halogens is 2. The second-order valence-electron chi connectivity index (χ2n) is 3.83. The van der Waals surface area contributed by atoms with Crippen molar-refractivity contribution in [2.24, 2.45) is 5.73 Å². The third-order valence-electron chi connectivity index (χ3n) is 2.50. The van der Waals surface area contributed by atoms with Gasteiger partial charge >= 0.3 is 0 Å². The fraction of sp³-hybridized carbons (Fsp3) is 0.400.